The Labute approximate surface area is 168 Å². The second kappa shape index (κ2) is 8.34. The van der Waals surface area contributed by atoms with E-state index in [0.717, 1.165) is 23.5 Å². The largest absolute Gasteiger partial charge is 0.302 e. The van der Waals surface area contributed by atoms with E-state index in [1.54, 1.807) is 0 Å². The number of carbonyl (C=O) groups excluding carboxylic acids is 1. The van der Waals surface area contributed by atoms with Crippen LogP contribution in [0.5, 0.6) is 0 Å². The molecule has 0 aliphatic heterocycles. The van der Waals surface area contributed by atoms with Crippen molar-refractivity contribution in [1.82, 2.24) is 4.98 Å². The van der Waals surface area contributed by atoms with Crippen LogP contribution in [0.2, 0.25) is 5.02 Å². The van der Waals surface area contributed by atoms with Crippen molar-refractivity contribution >= 4 is 43.8 Å². The van der Waals surface area contributed by atoms with Gasteiger partial charge in [0.25, 0.3) is 0 Å². The number of nitrogens with one attached hydrogen (secondary N) is 1. The summed E-state index contributed by atoms with van der Waals surface area (Å²) in [5.74, 6) is -2.40. The number of hydrogen-bond donors (Lipinski definition) is 1. The molecule has 0 fully saturated rings. The quantitative estimate of drug-likeness (QED) is 0.607. The number of carbonyl (C=O) groups is 1. The Hall–Kier alpha value is -2.36. The third-order valence-electron chi connectivity index (χ3n) is 3.73. The number of hydrogen-bond acceptors (Lipinski definition) is 5. The van der Waals surface area contributed by atoms with Gasteiger partial charge in [-0.05, 0) is 36.4 Å². The highest BCUT2D eigenvalue weighted by Crippen LogP contribution is 2.27. The molecule has 10 heteroatoms. The van der Waals surface area contributed by atoms with E-state index in [1.807, 2.05) is 0 Å². The molecule has 0 radical (unpaired) electrons. The van der Waals surface area contributed by atoms with E-state index in [1.165, 1.54) is 35.7 Å². The van der Waals surface area contributed by atoms with Gasteiger partial charge < -0.3 is 5.32 Å². The molecule has 3 rings (SSSR count). The average Bonchev–Trinajstić information content (AvgIpc) is 3.08. The Bertz CT molecular complexity index is 1120. The third kappa shape index (κ3) is 4.92. The molecule has 1 amide bonds. The summed E-state index contributed by atoms with van der Waals surface area (Å²) in [6.45, 7) is 0. The van der Waals surface area contributed by atoms with E-state index in [-0.39, 0.29) is 33.5 Å². The van der Waals surface area contributed by atoms with Crippen molar-refractivity contribution in [1.29, 1.82) is 0 Å². The van der Waals surface area contributed by atoms with E-state index in [4.69, 9.17) is 11.6 Å². The van der Waals surface area contributed by atoms with Gasteiger partial charge in [0, 0.05) is 28.5 Å². The number of anilines is 1. The van der Waals surface area contributed by atoms with Crippen LogP contribution >= 0.6 is 22.9 Å². The molecule has 0 atom stereocenters. The summed E-state index contributed by atoms with van der Waals surface area (Å²) in [7, 11) is -3.63. The lowest BCUT2D eigenvalue weighted by molar-refractivity contribution is -0.115. The number of sulfone groups is 1. The van der Waals surface area contributed by atoms with E-state index in [9.17, 15) is 22.0 Å². The highest BCUT2D eigenvalue weighted by molar-refractivity contribution is 7.91. The summed E-state index contributed by atoms with van der Waals surface area (Å²) in [6.07, 6.45) is -0.273. The van der Waals surface area contributed by atoms with Crippen LogP contribution in [0.4, 0.5) is 13.9 Å². The average molecular weight is 443 g/mol. The first-order chi connectivity index (χ1) is 13.2. The molecule has 146 valence electrons. The fourth-order valence-corrected chi connectivity index (χ4v) is 4.41. The van der Waals surface area contributed by atoms with Crippen LogP contribution in [0.15, 0.2) is 52.7 Å². The van der Waals surface area contributed by atoms with Gasteiger partial charge in [-0.2, -0.15) is 0 Å². The minimum absolute atomic E-state index is 0.0769. The Balaban J connectivity index is 1.62. The Morgan fingerprint density at radius 3 is 2.54 bits per heavy atom. The highest BCUT2D eigenvalue weighted by atomic mass is 35.5. The molecule has 0 saturated heterocycles. The number of amides is 1. The fourth-order valence-electron chi connectivity index (χ4n) is 2.32. The smallest absolute Gasteiger partial charge is 0.227 e. The first-order valence-electron chi connectivity index (χ1n) is 7.94. The first kappa shape index (κ1) is 20.4. The molecule has 1 heterocycles. The fraction of sp³-hybridized carbons (Fsp3) is 0.111. The minimum atomic E-state index is -3.63. The summed E-state index contributed by atoms with van der Waals surface area (Å²) >= 11 is 6.79. The number of thiazole rings is 1. The van der Waals surface area contributed by atoms with Gasteiger partial charge in [0.05, 0.1) is 16.3 Å². The van der Waals surface area contributed by atoms with E-state index >= 15 is 0 Å². The van der Waals surface area contributed by atoms with Gasteiger partial charge in [0.1, 0.15) is 11.6 Å². The number of halogens is 3. The van der Waals surface area contributed by atoms with Crippen LogP contribution in [0.3, 0.4) is 0 Å². The third-order valence-corrected chi connectivity index (χ3v) is 6.47. The normalized spacial score (nSPS) is 11.4. The molecular formula is C18H13ClF2N2O3S2. The van der Waals surface area contributed by atoms with Crippen LogP contribution in [-0.4, -0.2) is 25.1 Å². The Morgan fingerprint density at radius 2 is 1.86 bits per heavy atom. The highest BCUT2D eigenvalue weighted by Gasteiger charge is 2.17. The van der Waals surface area contributed by atoms with Gasteiger partial charge in [-0.1, -0.05) is 11.6 Å². The zero-order chi connectivity index (χ0) is 20.3. The second-order valence-electron chi connectivity index (χ2n) is 5.73. The SMILES string of the molecule is O=C(CCS(=O)(=O)c1ccc(Cl)cc1)Nc1nc(-c2ccc(F)cc2F)cs1. The lowest BCUT2D eigenvalue weighted by Gasteiger charge is -2.05. The summed E-state index contributed by atoms with van der Waals surface area (Å²) in [5.41, 5.74) is 0.343. The minimum Gasteiger partial charge on any atom is -0.302 e. The maximum atomic E-state index is 13.8. The zero-order valence-electron chi connectivity index (χ0n) is 14.2. The standard InChI is InChI=1S/C18H13ClF2N2O3S2/c19-11-1-4-13(5-2-11)28(25,26)8-7-17(24)23-18-22-16(10-27-18)14-6-3-12(20)9-15(14)21/h1-6,9-10H,7-8H2,(H,22,23,24). The number of benzene rings is 2. The van der Waals surface area contributed by atoms with Crippen molar-refractivity contribution in [2.24, 2.45) is 0 Å². The topological polar surface area (TPSA) is 76.1 Å². The molecule has 0 unspecified atom stereocenters. The molecule has 3 aromatic rings. The van der Waals surface area contributed by atoms with Crippen molar-refractivity contribution in [2.75, 3.05) is 11.1 Å². The lowest BCUT2D eigenvalue weighted by atomic mass is 10.1. The van der Waals surface area contributed by atoms with E-state index in [0.29, 0.717) is 5.02 Å². The van der Waals surface area contributed by atoms with Crippen LogP contribution in [-0.2, 0) is 14.6 Å². The summed E-state index contributed by atoms with van der Waals surface area (Å²) in [6, 6.07) is 8.77. The van der Waals surface area contributed by atoms with Crippen LogP contribution in [0.25, 0.3) is 11.3 Å². The van der Waals surface area contributed by atoms with Gasteiger partial charge in [0.2, 0.25) is 5.91 Å². The molecular weight excluding hydrogens is 430 g/mol. The van der Waals surface area contributed by atoms with E-state index in [2.05, 4.69) is 10.3 Å². The predicted molar refractivity (Wildman–Crippen MR) is 104 cm³/mol. The van der Waals surface area contributed by atoms with Crippen LogP contribution in [0, 0.1) is 11.6 Å². The van der Waals surface area contributed by atoms with Crippen molar-refractivity contribution in [3.63, 3.8) is 0 Å². The molecule has 1 aromatic heterocycles. The molecule has 0 saturated carbocycles. The molecule has 0 aliphatic rings. The Morgan fingerprint density at radius 1 is 1.14 bits per heavy atom. The van der Waals surface area contributed by atoms with Crippen molar-refractivity contribution in [3.05, 3.63) is 64.5 Å². The molecule has 2 aromatic carbocycles. The van der Waals surface area contributed by atoms with Gasteiger partial charge >= 0.3 is 0 Å². The summed E-state index contributed by atoms with van der Waals surface area (Å²) in [5, 5.41) is 4.59. The van der Waals surface area contributed by atoms with Crippen LogP contribution in [0.1, 0.15) is 6.42 Å². The zero-order valence-corrected chi connectivity index (χ0v) is 16.5. The van der Waals surface area contributed by atoms with Crippen LogP contribution < -0.4 is 5.32 Å². The lowest BCUT2D eigenvalue weighted by Crippen LogP contribution is -2.17. The van der Waals surface area contributed by atoms with Gasteiger partial charge in [-0.15, -0.1) is 11.3 Å². The number of rotatable bonds is 6. The van der Waals surface area contributed by atoms with Crippen molar-refractivity contribution < 1.29 is 22.0 Å². The van der Waals surface area contributed by atoms with E-state index < -0.39 is 27.4 Å². The van der Waals surface area contributed by atoms with Gasteiger partial charge in [0.15, 0.2) is 15.0 Å². The maximum Gasteiger partial charge on any atom is 0.227 e. The van der Waals surface area contributed by atoms with Gasteiger partial charge in [-0.3, -0.25) is 4.79 Å². The second-order valence-corrected chi connectivity index (χ2v) is 9.14. The van der Waals surface area contributed by atoms with Gasteiger partial charge in [-0.25, -0.2) is 22.2 Å². The predicted octanol–water partition coefficient (Wildman–Crippen LogP) is 4.54. The van der Waals surface area contributed by atoms with Crippen molar-refractivity contribution in [2.45, 2.75) is 11.3 Å². The molecule has 0 spiro atoms. The molecule has 1 N–H and O–H groups in total. The molecule has 28 heavy (non-hydrogen) atoms. The summed E-state index contributed by atoms with van der Waals surface area (Å²) in [4.78, 5) is 16.2. The number of aromatic nitrogens is 1. The Kier molecular flexibility index (Phi) is 6.07. The molecule has 0 bridgehead atoms. The number of nitrogens with zero attached hydrogens (tertiary/aromatic N) is 1. The molecule has 5 nitrogen and oxygen atoms in total. The first-order valence-corrected chi connectivity index (χ1v) is 10.8. The summed E-state index contributed by atoms with van der Waals surface area (Å²) < 4.78 is 51.3. The maximum absolute atomic E-state index is 13.8. The van der Waals surface area contributed by atoms with Crippen molar-refractivity contribution in [3.8, 4) is 11.3 Å². The molecule has 0 aliphatic carbocycles. The monoisotopic (exact) mass is 442 g/mol.